The van der Waals surface area contributed by atoms with Crippen LogP contribution in [0, 0.1) is 11.3 Å². The molecule has 0 radical (unpaired) electrons. The van der Waals surface area contributed by atoms with Crippen molar-refractivity contribution in [3.05, 3.63) is 0 Å². The van der Waals surface area contributed by atoms with E-state index in [-0.39, 0.29) is 0 Å². The van der Waals surface area contributed by atoms with Crippen LogP contribution >= 0.6 is 0 Å². The van der Waals surface area contributed by atoms with Gasteiger partial charge in [-0.2, -0.15) is 0 Å². The molecule has 1 heterocycles. The topological polar surface area (TPSA) is 12.0 Å². The van der Waals surface area contributed by atoms with E-state index in [0.717, 1.165) is 17.4 Å². The molecule has 3 atom stereocenters. The summed E-state index contributed by atoms with van der Waals surface area (Å²) in [5, 5.41) is 3.49. The van der Waals surface area contributed by atoms with Crippen molar-refractivity contribution in [1.82, 2.24) is 5.32 Å². The van der Waals surface area contributed by atoms with Gasteiger partial charge in [0, 0.05) is 18.0 Å². The molecule has 1 nitrogen and oxygen atoms in total. The minimum absolute atomic E-state index is 0.889. The number of nitrogens with one attached hydrogen (secondary N) is 1. The summed E-state index contributed by atoms with van der Waals surface area (Å²) in [4.78, 5) is 0. The number of hydrogen-bond donors (Lipinski definition) is 1. The van der Waals surface area contributed by atoms with Gasteiger partial charge in [0.15, 0.2) is 0 Å². The Balaban J connectivity index is 2.02. The fourth-order valence-electron chi connectivity index (χ4n) is 2.70. The predicted molar refractivity (Wildman–Crippen MR) is 31.6 cm³/mol. The molecular weight excluding hydrogens is 98.1 g/mol. The molecule has 1 aliphatic heterocycles. The molecule has 1 spiro atoms. The Morgan fingerprint density at radius 3 is 2.62 bits per heavy atom. The van der Waals surface area contributed by atoms with E-state index in [4.69, 9.17) is 0 Å². The Kier molecular flexibility index (Phi) is 0.418. The lowest BCUT2D eigenvalue weighted by Gasteiger charge is -2.35. The van der Waals surface area contributed by atoms with Gasteiger partial charge in [-0.3, -0.25) is 0 Å². The molecule has 3 fully saturated rings. The van der Waals surface area contributed by atoms with Crippen molar-refractivity contribution in [2.24, 2.45) is 11.3 Å². The van der Waals surface area contributed by atoms with Crippen molar-refractivity contribution < 1.29 is 0 Å². The lowest BCUT2D eigenvalue weighted by Crippen LogP contribution is -2.53. The summed E-state index contributed by atoms with van der Waals surface area (Å²) in [7, 11) is 0. The quantitative estimate of drug-likeness (QED) is 0.484. The average Bonchev–Trinajstić information content (AvgIpc) is 2.36. The highest BCUT2D eigenvalue weighted by Crippen LogP contribution is 2.66. The molecule has 0 amide bonds. The van der Waals surface area contributed by atoms with Crippen LogP contribution in [0.2, 0.25) is 0 Å². The molecule has 8 heavy (non-hydrogen) atoms. The van der Waals surface area contributed by atoms with Gasteiger partial charge in [-0.15, -0.1) is 0 Å². The van der Waals surface area contributed by atoms with E-state index in [0.29, 0.717) is 0 Å². The predicted octanol–water partition coefficient (Wildman–Crippen LogP) is 0.758. The van der Waals surface area contributed by atoms with Crippen LogP contribution in [-0.2, 0) is 0 Å². The van der Waals surface area contributed by atoms with Crippen molar-refractivity contribution in [3.63, 3.8) is 0 Å². The monoisotopic (exact) mass is 109 g/mol. The van der Waals surface area contributed by atoms with Crippen molar-refractivity contribution in [2.75, 3.05) is 6.54 Å². The van der Waals surface area contributed by atoms with Crippen LogP contribution in [0.25, 0.3) is 0 Å². The van der Waals surface area contributed by atoms with E-state index in [9.17, 15) is 0 Å². The van der Waals surface area contributed by atoms with E-state index < -0.39 is 0 Å². The zero-order chi connectivity index (χ0) is 5.19. The molecule has 1 heteroatoms. The third-order valence-electron chi connectivity index (χ3n) is 3.45. The largest absolute Gasteiger partial charge is 0.313 e. The maximum absolute atomic E-state index is 3.49. The Morgan fingerprint density at radius 1 is 1.38 bits per heavy atom. The summed E-state index contributed by atoms with van der Waals surface area (Å²) in [5.74, 6) is 1.16. The zero-order valence-electron chi connectivity index (χ0n) is 4.98. The second-order valence-electron chi connectivity index (χ2n) is 3.65. The van der Waals surface area contributed by atoms with E-state index >= 15 is 0 Å². The van der Waals surface area contributed by atoms with E-state index in [1.807, 2.05) is 0 Å². The standard InChI is InChI=1S/C7H11N/c1-2-6-7(4-8-6)3-5(1)7/h5-6,8H,1-4H2. The molecule has 3 rings (SSSR count). The normalized spacial score (nSPS) is 66.0. The number of hydrogen-bond acceptors (Lipinski definition) is 1. The van der Waals surface area contributed by atoms with E-state index in [1.165, 1.54) is 19.4 Å². The molecule has 0 aromatic rings. The fraction of sp³-hybridized carbons (Fsp3) is 1.00. The molecule has 3 aliphatic rings. The maximum Gasteiger partial charge on any atom is 0.0139 e. The van der Waals surface area contributed by atoms with Crippen LogP contribution in [0.4, 0.5) is 0 Å². The molecule has 0 bridgehead atoms. The lowest BCUT2D eigenvalue weighted by atomic mass is 9.90. The van der Waals surface area contributed by atoms with Crippen molar-refractivity contribution in [1.29, 1.82) is 0 Å². The first-order valence-electron chi connectivity index (χ1n) is 3.65. The van der Waals surface area contributed by atoms with Gasteiger partial charge in [0.2, 0.25) is 0 Å². The minimum Gasteiger partial charge on any atom is -0.313 e. The SMILES string of the molecule is C1CC2NCC23CC13. The summed E-state index contributed by atoms with van der Waals surface area (Å²) in [6, 6.07) is 0.965. The molecule has 0 aromatic heterocycles. The summed E-state index contributed by atoms with van der Waals surface area (Å²) in [6.45, 7) is 1.35. The van der Waals surface area contributed by atoms with Gasteiger partial charge < -0.3 is 5.32 Å². The molecule has 1 saturated heterocycles. The van der Waals surface area contributed by atoms with Gasteiger partial charge >= 0.3 is 0 Å². The highest BCUT2D eigenvalue weighted by molar-refractivity contribution is 5.21. The van der Waals surface area contributed by atoms with Gasteiger partial charge in [-0.25, -0.2) is 0 Å². The molecule has 1 N–H and O–H groups in total. The first-order chi connectivity index (χ1) is 3.92. The van der Waals surface area contributed by atoms with Crippen LogP contribution in [0.5, 0.6) is 0 Å². The summed E-state index contributed by atoms with van der Waals surface area (Å²) in [6.07, 6.45) is 4.56. The molecule has 3 unspecified atom stereocenters. The fourth-order valence-corrected chi connectivity index (χ4v) is 2.70. The molecular formula is C7H11N. The minimum atomic E-state index is 0.889. The highest BCUT2D eigenvalue weighted by Gasteiger charge is 2.67. The maximum atomic E-state index is 3.49. The molecule has 0 aromatic carbocycles. The second kappa shape index (κ2) is 0.860. The van der Waals surface area contributed by atoms with Crippen LogP contribution < -0.4 is 5.32 Å². The van der Waals surface area contributed by atoms with Gasteiger partial charge in [0.1, 0.15) is 0 Å². The van der Waals surface area contributed by atoms with Gasteiger partial charge in [0.25, 0.3) is 0 Å². The Morgan fingerprint density at radius 2 is 2.38 bits per heavy atom. The second-order valence-corrected chi connectivity index (χ2v) is 3.65. The highest BCUT2D eigenvalue weighted by atomic mass is 15.1. The summed E-state index contributed by atoms with van der Waals surface area (Å²) in [5.41, 5.74) is 0.889. The Bertz CT molecular complexity index is 137. The first kappa shape index (κ1) is 3.89. The first-order valence-corrected chi connectivity index (χ1v) is 3.65. The van der Waals surface area contributed by atoms with Crippen molar-refractivity contribution >= 4 is 0 Å². The zero-order valence-corrected chi connectivity index (χ0v) is 4.98. The van der Waals surface area contributed by atoms with Gasteiger partial charge in [0.05, 0.1) is 0 Å². The smallest absolute Gasteiger partial charge is 0.0139 e. The Hall–Kier alpha value is -0.0400. The van der Waals surface area contributed by atoms with Crippen LogP contribution in [0.3, 0.4) is 0 Å². The lowest BCUT2D eigenvalue weighted by molar-refractivity contribution is 0.222. The third-order valence-corrected chi connectivity index (χ3v) is 3.45. The van der Waals surface area contributed by atoms with Crippen molar-refractivity contribution in [2.45, 2.75) is 25.3 Å². The molecule has 2 aliphatic carbocycles. The Labute approximate surface area is 49.5 Å². The van der Waals surface area contributed by atoms with Crippen LogP contribution in [-0.4, -0.2) is 12.6 Å². The summed E-state index contributed by atoms with van der Waals surface area (Å²) < 4.78 is 0. The summed E-state index contributed by atoms with van der Waals surface area (Å²) >= 11 is 0. The molecule has 2 saturated carbocycles. The number of rotatable bonds is 0. The van der Waals surface area contributed by atoms with Crippen LogP contribution in [0.1, 0.15) is 19.3 Å². The average molecular weight is 109 g/mol. The van der Waals surface area contributed by atoms with E-state index in [2.05, 4.69) is 5.32 Å². The molecule has 44 valence electrons. The van der Waals surface area contributed by atoms with Crippen LogP contribution in [0.15, 0.2) is 0 Å². The van der Waals surface area contributed by atoms with Gasteiger partial charge in [-0.05, 0) is 25.2 Å². The van der Waals surface area contributed by atoms with E-state index in [1.54, 1.807) is 6.42 Å². The van der Waals surface area contributed by atoms with Gasteiger partial charge in [-0.1, -0.05) is 0 Å². The third kappa shape index (κ3) is 0.218. The van der Waals surface area contributed by atoms with Crippen molar-refractivity contribution in [3.8, 4) is 0 Å².